The van der Waals surface area contributed by atoms with Crippen molar-refractivity contribution in [1.82, 2.24) is 9.97 Å². The van der Waals surface area contributed by atoms with Crippen LogP contribution in [-0.2, 0) is 4.79 Å². The summed E-state index contributed by atoms with van der Waals surface area (Å²) in [5, 5.41) is 2.71. The number of nitrogens with zero attached hydrogens (tertiary/aromatic N) is 5. The highest BCUT2D eigenvalue weighted by molar-refractivity contribution is 6.12. The van der Waals surface area contributed by atoms with Gasteiger partial charge in [0, 0.05) is 61.7 Å². The molecular weight excluding hydrogens is 407 g/mol. The molecule has 2 aliphatic rings. The van der Waals surface area contributed by atoms with Gasteiger partial charge < -0.3 is 15.1 Å². The third kappa shape index (κ3) is 3.79. The van der Waals surface area contributed by atoms with Gasteiger partial charge in [0.1, 0.15) is 17.6 Å². The average Bonchev–Trinajstić information content (AvgIpc) is 3.15. The van der Waals surface area contributed by atoms with E-state index < -0.39 is 11.7 Å². The molecule has 1 saturated heterocycles. The van der Waals surface area contributed by atoms with E-state index in [2.05, 4.69) is 43.1 Å². The van der Waals surface area contributed by atoms with Gasteiger partial charge in [0.05, 0.1) is 11.9 Å². The molecule has 5 rings (SSSR count). The van der Waals surface area contributed by atoms with Crippen LogP contribution in [0.2, 0.25) is 0 Å². The second kappa shape index (κ2) is 8.37. The predicted octanol–water partition coefficient (Wildman–Crippen LogP) is 3.69. The number of benzene rings is 2. The number of fused-ring (bicyclic) bond motifs is 1. The quantitative estimate of drug-likeness (QED) is 0.639. The van der Waals surface area contributed by atoms with Crippen LogP contribution >= 0.6 is 0 Å². The van der Waals surface area contributed by atoms with Crippen LogP contribution in [0.3, 0.4) is 0 Å². The first-order valence-corrected chi connectivity index (χ1v) is 10.6. The molecule has 3 aromatic rings. The summed E-state index contributed by atoms with van der Waals surface area (Å²) in [5.74, 6) is -0.476. The van der Waals surface area contributed by atoms with E-state index in [9.17, 15) is 9.18 Å². The average molecular weight is 430 g/mol. The minimum atomic E-state index is -0.722. The maximum atomic E-state index is 14.2. The Labute approximate surface area is 185 Å². The van der Waals surface area contributed by atoms with Gasteiger partial charge in [-0.1, -0.05) is 6.07 Å². The second-order valence-corrected chi connectivity index (χ2v) is 7.95. The Morgan fingerprint density at radius 3 is 2.69 bits per heavy atom. The smallest absolute Gasteiger partial charge is 0.237 e. The topological polar surface area (TPSA) is 73.7 Å². The van der Waals surface area contributed by atoms with Crippen molar-refractivity contribution in [2.24, 2.45) is 4.99 Å². The Morgan fingerprint density at radius 1 is 1.12 bits per heavy atom. The molecule has 0 bridgehead atoms. The third-order valence-electron chi connectivity index (χ3n) is 5.95. The first-order valence-electron chi connectivity index (χ1n) is 10.6. The van der Waals surface area contributed by atoms with Gasteiger partial charge in [-0.05, 0) is 42.8 Å². The fraction of sp³-hybridized carbons (Fsp3) is 0.250. The van der Waals surface area contributed by atoms with E-state index in [-0.39, 0.29) is 5.91 Å². The Kier molecular flexibility index (Phi) is 5.26. The molecule has 0 radical (unpaired) electrons. The molecule has 1 aromatic heterocycles. The van der Waals surface area contributed by atoms with Gasteiger partial charge in [0.25, 0.3) is 0 Å². The number of rotatable bonds is 4. The van der Waals surface area contributed by atoms with Crippen molar-refractivity contribution in [3.05, 3.63) is 71.9 Å². The van der Waals surface area contributed by atoms with Gasteiger partial charge in [0.2, 0.25) is 5.91 Å². The lowest BCUT2D eigenvalue weighted by atomic mass is 10.0. The number of halogens is 1. The SMILES string of the molecule is Cc1cc(N=CC2C(=O)Nc3cccc(F)c32)ccc1N1CCN(c2cnccn2)CC1. The molecule has 0 aliphatic carbocycles. The maximum Gasteiger partial charge on any atom is 0.237 e. The molecule has 3 heterocycles. The summed E-state index contributed by atoms with van der Waals surface area (Å²) in [6.07, 6.45) is 6.72. The summed E-state index contributed by atoms with van der Waals surface area (Å²) in [5.41, 5.74) is 3.88. The van der Waals surface area contributed by atoms with Gasteiger partial charge in [-0.15, -0.1) is 0 Å². The number of anilines is 3. The lowest BCUT2D eigenvalue weighted by molar-refractivity contribution is -0.115. The molecule has 0 saturated carbocycles. The number of carbonyl (C=O) groups is 1. The molecular formula is C24H23FN6O. The number of carbonyl (C=O) groups excluding carboxylic acids is 1. The molecule has 0 spiro atoms. The zero-order chi connectivity index (χ0) is 22.1. The highest BCUT2D eigenvalue weighted by atomic mass is 19.1. The molecule has 8 heteroatoms. The third-order valence-corrected chi connectivity index (χ3v) is 5.95. The van der Waals surface area contributed by atoms with Crippen LogP contribution in [0.1, 0.15) is 17.0 Å². The minimum Gasteiger partial charge on any atom is -0.368 e. The number of hydrogen-bond acceptors (Lipinski definition) is 6. The normalized spacial score (nSPS) is 18.2. The van der Waals surface area contributed by atoms with Crippen LogP contribution in [0.15, 0.2) is 60.0 Å². The predicted molar refractivity (Wildman–Crippen MR) is 124 cm³/mol. The molecule has 2 aromatic carbocycles. The van der Waals surface area contributed by atoms with E-state index in [0.717, 1.165) is 48.9 Å². The zero-order valence-corrected chi connectivity index (χ0v) is 17.7. The number of hydrogen-bond donors (Lipinski definition) is 1. The van der Waals surface area contributed by atoms with E-state index in [1.165, 1.54) is 12.3 Å². The standard InChI is InChI=1S/C24H23FN6O/c1-16-13-17(28-14-18-23-19(25)3-2-4-20(23)29-24(18)32)5-6-21(16)30-9-11-31(12-10-30)22-15-26-7-8-27-22/h2-8,13-15,18H,9-12H2,1H3,(H,29,32). The van der Waals surface area contributed by atoms with Gasteiger partial charge in [-0.25, -0.2) is 9.37 Å². The Balaban J connectivity index is 1.28. The molecule has 1 fully saturated rings. The molecule has 7 nitrogen and oxygen atoms in total. The van der Waals surface area contributed by atoms with E-state index in [0.29, 0.717) is 11.3 Å². The summed E-state index contributed by atoms with van der Waals surface area (Å²) in [6.45, 7) is 5.58. The van der Waals surface area contributed by atoms with Gasteiger partial charge >= 0.3 is 0 Å². The second-order valence-electron chi connectivity index (χ2n) is 7.95. The van der Waals surface area contributed by atoms with E-state index in [1.54, 1.807) is 30.7 Å². The molecule has 1 amide bonds. The largest absolute Gasteiger partial charge is 0.368 e. The monoisotopic (exact) mass is 430 g/mol. The van der Waals surface area contributed by atoms with Gasteiger partial charge in [-0.2, -0.15) is 0 Å². The lowest BCUT2D eigenvalue weighted by Gasteiger charge is -2.37. The summed E-state index contributed by atoms with van der Waals surface area (Å²) >= 11 is 0. The van der Waals surface area contributed by atoms with Crippen LogP contribution in [0.4, 0.5) is 27.3 Å². The van der Waals surface area contributed by atoms with Crippen LogP contribution in [0, 0.1) is 12.7 Å². The van der Waals surface area contributed by atoms with Crippen LogP contribution in [0.25, 0.3) is 0 Å². The summed E-state index contributed by atoms with van der Waals surface area (Å²) in [6, 6.07) is 10.6. The Morgan fingerprint density at radius 2 is 1.94 bits per heavy atom. The number of piperazine rings is 1. The number of aliphatic imine (C=N–C) groups is 1. The van der Waals surface area contributed by atoms with Crippen molar-refractivity contribution < 1.29 is 9.18 Å². The number of aryl methyl sites for hydroxylation is 1. The lowest BCUT2D eigenvalue weighted by Crippen LogP contribution is -2.47. The first-order chi connectivity index (χ1) is 15.6. The van der Waals surface area contributed by atoms with Crippen molar-refractivity contribution in [3.63, 3.8) is 0 Å². The molecule has 1 unspecified atom stereocenters. The summed E-state index contributed by atoms with van der Waals surface area (Å²) in [4.78, 5) is 29.9. The van der Waals surface area contributed by atoms with E-state index in [4.69, 9.17) is 0 Å². The van der Waals surface area contributed by atoms with Crippen molar-refractivity contribution in [2.75, 3.05) is 41.3 Å². The first kappa shape index (κ1) is 20.1. The van der Waals surface area contributed by atoms with Crippen molar-refractivity contribution >= 4 is 35.0 Å². The molecule has 1 atom stereocenters. The minimum absolute atomic E-state index is 0.261. The molecule has 2 aliphatic heterocycles. The number of aromatic nitrogens is 2. The van der Waals surface area contributed by atoms with Crippen LogP contribution < -0.4 is 15.1 Å². The maximum absolute atomic E-state index is 14.2. The number of amides is 1. The van der Waals surface area contributed by atoms with Gasteiger partial charge in [-0.3, -0.25) is 14.8 Å². The molecule has 162 valence electrons. The fourth-order valence-corrected chi connectivity index (χ4v) is 4.31. The van der Waals surface area contributed by atoms with Crippen molar-refractivity contribution in [3.8, 4) is 0 Å². The Hall–Kier alpha value is -3.81. The van der Waals surface area contributed by atoms with E-state index in [1.807, 2.05) is 12.1 Å². The number of nitrogens with one attached hydrogen (secondary N) is 1. The van der Waals surface area contributed by atoms with Crippen molar-refractivity contribution in [1.29, 1.82) is 0 Å². The Bertz CT molecular complexity index is 1170. The summed E-state index contributed by atoms with van der Waals surface area (Å²) < 4.78 is 14.2. The highest BCUT2D eigenvalue weighted by Gasteiger charge is 2.31. The zero-order valence-electron chi connectivity index (χ0n) is 17.7. The van der Waals surface area contributed by atoms with Gasteiger partial charge in [0.15, 0.2) is 0 Å². The van der Waals surface area contributed by atoms with E-state index >= 15 is 0 Å². The fourth-order valence-electron chi connectivity index (χ4n) is 4.31. The van der Waals surface area contributed by atoms with Crippen molar-refractivity contribution in [2.45, 2.75) is 12.8 Å². The summed E-state index contributed by atoms with van der Waals surface area (Å²) in [7, 11) is 0. The molecule has 32 heavy (non-hydrogen) atoms. The van der Waals surface area contributed by atoms with Crippen LogP contribution in [-0.4, -0.2) is 48.3 Å². The highest BCUT2D eigenvalue weighted by Crippen LogP contribution is 2.34. The molecule has 1 N–H and O–H groups in total. The van der Waals surface area contributed by atoms with Crippen LogP contribution in [0.5, 0.6) is 0 Å².